The van der Waals surface area contributed by atoms with Crippen LogP contribution >= 0.6 is 12.6 Å². The van der Waals surface area contributed by atoms with Gasteiger partial charge in [0.1, 0.15) is 17.7 Å². The zero-order chi connectivity index (χ0) is 20.9. The summed E-state index contributed by atoms with van der Waals surface area (Å²) in [5.74, 6) is -1.83. The number of aliphatic carboxylic acids is 1. The lowest BCUT2D eigenvalue weighted by molar-refractivity contribution is -0.142. The number of thiol groups is 1. The highest BCUT2D eigenvalue weighted by atomic mass is 32.1. The van der Waals surface area contributed by atoms with Crippen molar-refractivity contribution in [1.82, 2.24) is 15.6 Å². The van der Waals surface area contributed by atoms with Gasteiger partial charge in [-0.25, -0.2) is 9.59 Å². The molecule has 0 spiro atoms. The fourth-order valence-corrected chi connectivity index (χ4v) is 2.89. The quantitative estimate of drug-likeness (QED) is 0.450. The molecule has 0 saturated carbocycles. The molecule has 1 aromatic carbocycles. The highest BCUT2D eigenvalue weighted by molar-refractivity contribution is 7.80. The minimum atomic E-state index is -1.17. The number of fused-ring (bicyclic) bond motifs is 1. The number of H-pyrrole nitrogens is 1. The van der Waals surface area contributed by atoms with Gasteiger partial charge in [0.25, 0.3) is 0 Å². The third kappa shape index (κ3) is 5.91. The maximum Gasteiger partial charge on any atom is 0.408 e. The van der Waals surface area contributed by atoms with Gasteiger partial charge in [-0.05, 0) is 32.4 Å². The van der Waals surface area contributed by atoms with Gasteiger partial charge in [-0.1, -0.05) is 18.2 Å². The molecule has 1 heterocycles. The predicted octanol–water partition coefficient (Wildman–Crippen LogP) is 2.10. The first-order chi connectivity index (χ1) is 13.1. The number of hydrogen-bond acceptors (Lipinski definition) is 5. The molecule has 9 heteroatoms. The molecule has 2 amide bonds. The number of amides is 2. The van der Waals surface area contributed by atoms with Crippen molar-refractivity contribution in [2.45, 2.75) is 44.9 Å². The van der Waals surface area contributed by atoms with E-state index < -0.39 is 35.7 Å². The number of ether oxygens (including phenoxy) is 1. The first kappa shape index (κ1) is 21.6. The largest absolute Gasteiger partial charge is 0.480 e. The number of hydrogen-bond donors (Lipinski definition) is 5. The molecule has 0 bridgehead atoms. The van der Waals surface area contributed by atoms with Crippen molar-refractivity contribution < 1.29 is 24.2 Å². The normalized spacial score (nSPS) is 13.6. The number of aromatic nitrogens is 1. The van der Waals surface area contributed by atoms with Crippen molar-refractivity contribution in [3.05, 3.63) is 36.0 Å². The lowest BCUT2D eigenvalue weighted by Gasteiger charge is -2.23. The van der Waals surface area contributed by atoms with Crippen LogP contribution in [0.15, 0.2) is 30.5 Å². The zero-order valence-corrected chi connectivity index (χ0v) is 16.9. The van der Waals surface area contributed by atoms with Gasteiger partial charge < -0.3 is 25.5 Å². The summed E-state index contributed by atoms with van der Waals surface area (Å²) in [5.41, 5.74) is 0.930. The molecule has 0 saturated heterocycles. The molecule has 0 aliphatic carbocycles. The van der Waals surface area contributed by atoms with E-state index in [0.29, 0.717) is 0 Å². The second-order valence-corrected chi connectivity index (χ2v) is 7.71. The van der Waals surface area contributed by atoms with Gasteiger partial charge in [-0.15, -0.1) is 0 Å². The molecular formula is C19H25N3O5S. The monoisotopic (exact) mass is 407 g/mol. The lowest BCUT2D eigenvalue weighted by Crippen LogP contribution is -2.53. The lowest BCUT2D eigenvalue weighted by atomic mass is 10.0. The number of carbonyl (C=O) groups excluding carboxylic acids is 2. The average Bonchev–Trinajstić information content (AvgIpc) is 3.00. The van der Waals surface area contributed by atoms with Crippen molar-refractivity contribution in [1.29, 1.82) is 0 Å². The Morgan fingerprint density at radius 2 is 1.86 bits per heavy atom. The van der Waals surface area contributed by atoms with Crippen LogP contribution in [0.2, 0.25) is 0 Å². The summed E-state index contributed by atoms with van der Waals surface area (Å²) in [4.78, 5) is 39.1. The Labute approximate surface area is 168 Å². The molecule has 2 aromatic rings. The summed E-state index contributed by atoms with van der Waals surface area (Å²) < 4.78 is 5.12. The molecule has 0 radical (unpaired) electrons. The third-order valence-electron chi connectivity index (χ3n) is 3.90. The van der Waals surface area contributed by atoms with Crippen molar-refractivity contribution >= 4 is 41.5 Å². The van der Waals surface area contributed by atoms with Crippen molar-refractivity contribution in [3.8, 4) is 0 Å². The van der Waals surface area contributed by atoms with E-state index in [9.17, 15) is 19.5 Å². The molecule has 28 heavy (non-hydrogen) atoms. The van der Waals surface area contributed by atoms with E-state index in [2.05, 4.69) is 28.2 Å². The average molecular weight is 407 g/mol. The van der Waals surface area contributed by atoms with Crippen molar-refractivity contribution in [3.63, 3.8) is 0 Å². The second-order valence-electron chi connectivity index (χ2n) is 7.34. The van der Waals surface area contributed by atoms with E-state index in [1.54, 1.807) is 27.0 Å². The van der Waals surface area contributed by atoms with Crippen LogP contribution in [-0.2, 0) is 20.7 Å². The number of alkyl carbamates (subject to hydrolysis) is 1. The SMILES string of the molecule is CC(C)(C)OC(=O)N[C@@H](CS)C(=O)N[C@@H](Cc1c[nH]c2ccccc12)C(=O)O. The maximum atomic E-state index is 12.5. The Kier molecular flexibility index (Phi) is 6.95. The van der Waals surface area contributed by atoms with Crippen LogP contribution in [-0.4, -0.2) is 51.5 Å². The topological polar surface area (TPSA) is 121 Å². The van der Waals surface area contributed by atoms with E-state index in [0.717, 1.165) is 16.5 Å². The summed E-state index contributed by atoms with van der Waals surface area (Å²) in [6.07, 6.45) is 1.05. The number of para-hydroxylation sites is 1. The second kappa shape index (κ2) is 9.01. The number of rotatable bonds is 7. The molecule has 0 aliphatic rings. The number of carboxylic acids is 1. The Hall–Kier alpha value is -2.68. The van der Waals surface area contributed by atoms with Crippen LogP contribution in [0.3, 0.4) is 0 Å². The van der Waals surface area contributed by atoms with E-state index >= 15 is 0 Å². The molecule has 1 aromatic heterocycles. The van der Waals surface area contributed by atoms with E-state index in [-0.39, 0.29) is 12.2 Å². The standard InChI is InChI=1S/C19H25N3O5S/c1-19(2,3)27-18(26)22-15(10-28)16(23)21-14(17(24)25)8-11-9-20-13-7-5-4-6-12(11)13/h4-7,9,14-15,20,28H,8,10H2,1-3H3,(H,21,23)(H,22,26)(H,24,25)/t14-,15-/m0/s1. The van der Waals surface area contributed by atoms with Crippen LogP contribution in [0.4, 0.5) is 4.79 Å². The fraction of sp³-hybridized carbons (Fsp3) is 0.421. The van der Waals surface area contributed by atoms with Gasteiger partial charge in [0, 0.05) is 29.3 Å². The number of aromatic amines is 1. The van der Waals surface area contributed by atoms with E-state index in [4.69, 9.17) is 4.74 Å². The molecule has 2 rings (SSSR count). The van der Waals surface area contributed by atoms with Gasteiger partial charge in [0.15, 0.2) is 0 Å². The fourth-order valence-electron chi connectivity index (χ4n) is 2.64. The Morgan fingerprint density at radius 3 is 2.46 bits per heavy atom. The van der Waals surface area contributed by atoms with Crippen LogP contribution in [0.5, 0.6) is 0 Å². The number of carboxylic acid groups (broad SMARTS) is 1. The Balaban J connectivity index is 2.06. The zero-order valence-electron chi connectivity index (χ0n) is 16.0. The maximum absolute atomic E-state index is 12.5. The summed E-state index contributed by atoms with van der Waals surface area (Å²) in [6.45, 7) is 5.10. The predicted molar refractivity (Wildman–Crippen MR) is 109 cm³/mol. The first-order valence-corrected chi connectivity index (χ1v) is 9.42. The Bertz CT molecular complexity index is 859. The first-order valence-electron chi connectivity index (χ1n) is 8.79. The van der Waals surface area contributed by atoms with Gasteiger partial charge in [-0.2, -0.15) is 12.6 Å². The van der Waals surface area contributed by atoms with Crippen LogP contribution < -0.4 is 10.6 Å². The van der Waals surface area contributed by atoms with Gasteiger partial charge in [-0.3, -0.25) is 4.79 Å². The number of nitrogens with one attached hydrogen (secondary N) is 3. The van der Waals surface area contributed by atoms with Crippen LogP contribution in [0.1, 0.15) is 26.3 Å². The minimum Gasteiger partial charge on any atom is -0.480 e. The molecule has 152 valence electrons. The summed E-state index contributed by atoms with van der Waals surface area (Å²) in [5, 5.41) is 15.3. The highest BCUT2D eigenvalue weighted by Crippen LogP contribution is 2.19. The van der Waals surface area contributed by atoms with Gasteiger partial charge >= 0.3 is 12.1 Å². The minimum absolute atomic E-state index is 0.00942. The molecule has 2 atom stereocenters. The van der Waals surface area contributed by atoms with E-state index in [1.165, 1.54) is 0 Å². The molecule has 0 aliphatic heterocycles. The molecule has 4 N–H and O–H groups in total. The highest BCUT2D eigenvalue weighted by Gasteiger charge is 2.28. The van der Waals surface area contributed by atoms with E-state index in [1.807, 2.05) is 24.3 Å². The number of carbonyl (C=O) groups is 3. The number of benzene rings is 1. The van der Waals surface area contributed by atoms with Crippen molar-refractivity contribution in [2.24, 2.45) is 0 Å². The van der Waals surface area contributed by atoms with Crippen molar-refractivity contribution in [2.75, 3.05) is 5.75 Å². The molecular weight excluding hydrogens is 382 g/mol. The van der Waals surface area contributed by atoms with Crippen LogP contribution in [0, 0.1) is 0 Å². The molecule has 0 unspecified atom stereocenters. The molecule has 8 nitrogen and oxygen atoms in total. The summed E-state index contributed by atoms with van der Waals surface area (Å²) in [7, 11) is 0. The Morgan fingerprint density at radius 1 is 1.18 bits per heavy atom. The third-order valence-corrected chi connectivity index (χ3v) is 4.27. The van der Waals surface area contributed by atoms with Gasteiger partial charge in [0.05, 0.1) is 0 Å². The van der Waals surface area contributed by atoms with Crippen LogP contribution in [0.25, 0.3) is 10.9 Å². The van der Waals surface area contributed by atoms with Gasteiger partial charge in [0.2, 0.25) is 5.91 Å². The molecule has 0 fully saturated rings. The summed E-state index contributed by atoms with van der Waals surface area (Å²) in [6, 6.07) is 5.31. The summed E-state index contributed by atoms with van der Waals surface area (Å²) >= 11 is 4.07. The smallest absolute Gasteiger partial charge is 0.408 e.